The number of carbonyl (C=O) groups excluding carboxylic acids is 1. The lowest BCUT2D eigenvalue weighted by molar-refractivity contribution is 0.0226. The van der Waals surface area contributed by atoms with Crippen LogP contribution in [0, 0.1) is 5.82 Å². The number of halogens is 1. The average molecular weight is 388 g/mol. The molecule has 1 aromatic rings. The Morgan fingerprint density at radius 3 is 2.32 bits per heavy atom. The van der Waals surface area contributed by atoms with Gasteiger partial charge in [0, 0.05) is 25.2 Å². The lowest BCUT2D eigenvalue weighted by Gasteiger charge is -2.45. The van der Waals surface area contributed by atoms with E-state index in [9.17, 15) is 19.1 Å². The van der Waals surface area contributed by atoms with Gasteiger partial charge in [-0.1, -0.05) is 19.3 Å². The van der Waals surface area contributed by atoms with Crippen LogP contribution in [0.3, 0.4) is 0 Å². The minimum absolute atomic E-state index is 0.0550. The van der Waals surface area contributed by atoms with Crippen LogP contribution in [0.5, 0.6) is 0 Å². The zero-order valence-corrected chi connectivity index (χ0v) is 16.7. The van der Waals surface area contributed by atoms with Crippen LogP contribution in [0.1, 0.15) is 85.1 Å². The molecular formula is C22H29FN2O3. The Hall–Kier alpha value is -1.95. The average Bonchev–Trinajstić information content (AvgIpc) is 2.87. The van der Waals surface area contributed by atoms with Crippen molar-refractivity contribution in [1.82, 2.24) is 9.80 Å². The van der Waals surface area contributed by atoms with Gasteiger partial charge < -0.3 is 14.9 Å². The first-order chi connectivity index (χ1) is 13.3. The second-order valence-corrected chi connectivity index (χ2v) is 8.97. The Balaban J connectivity index is 1.57. The van der Waals surface area contributed by atoms with E-state index in [1.54, 1.807) is 0 Å². The van der Waals surface area contributed by atoms with E-state index in [-0.39, 0.29) is 23.1 Å². The van der Waals surface area contributed by atoms with Gasteiger partial charge in [-0.3, -0.25) is 4.79 Å². The molecule has 6 heteroatoms. The van der Waals surface area contributed by atoms with Crippen molar-refractivity contribution in [2.45, 2.75) is 76.4 Å². The summed E-state index contributed by atoms with van der Waals surface area (Å²) < 4.78 is 14.1. The topological polar surface area (TPSA) is 60.9 Å². The summed E-state index contributed by atoms with van der Waals surface area (Å²) in [6.45, 7) is 5.72. The number of hydrogen-bond donors (Lipinski definition) is 1. The number of carboxylic acid groups (broad SMARTS) is 1. The highest BCUT2D eigenvalue weighted by Gasteiger charge is 2.49. The molecule has 28 heavy (non-hydrogen) atoms. The Morgan fingerprint density at radius 2 is 1.71 bits per heavy atom. The third-order valence-electron chi connectivity index (χ3n) is 6.98. The van der Waals surface area contributed by atoms with Crippen LogP contribution in [0.4, 0.5) is 4.39 Å². The minimum atomic E-state index is -1.26. The molecule has 5 nitrogen and oxygen atoms in total. The summed E-state index contributed by atoms with van der Waals surface area (Å²) >= 11 is 0. The van der Waals surface area contributed by atoms with Crippen LogP contribution in [-0.2, 0) is 5.54 Å². The van der Waals surface area contributed by atoms with Gasteiger partial charge in [0.1, 0.15) is 5.82 Å². The molecule has 1 saturated heterocycles. The maximum atomic E-state index is 14.1. The third-order valence-corrected chi connectivity index (χ3v) is 6.98. The Morgan fingerprint density at radius 1 is 1.07 bits per heavy atom. The summed E-state index contributed by atoms with van der Waals surface area (Å²) in [5, 5.41) is 9.49. The maximum absolute atomic E-state index is 14.1. The number of piperidine rings is 1. The van der Waals surface area contributed by atoms with Gasteiger partial charge in [0.15, 0.2) is 0 Å². The molecule has 1 aromatic carbocycles. The summed E-state index contributed by atoms with van der Waals surface area (Å²) in [5.41, 5.74) is -0.287. The van der Waals surface area contributed by atoms with Crippen molar-refractivity contribution in [2.24, 2.45) is 0 Å². The fourth-order valence-electron chi connectivity index (χ4n) is 5.57. The SMILES string of the molecule is CC1(C)c2cc(F)cc(C(=O)O)c2C(=O)N1C1CCN(C2CCCCC2)CC1. The van der Waals surface area contributed by atoms with Crippen LogP contribution in [0.2, 0.25) is 0 Å². The fraction of sp³-hybridized carbons (Fsp3) is 0.636. The van der Waals surface area contributed by atoms with Crippen LogP contribution in [0.15, 0.2) is 12.1 Å². The van der Waals surface area contributed by atoms with E-state index >= 15 is 0 Å². The standard InChI is InChI=1S/C22H29FN2O3/c1-22(2)18-13-14(23)12-17(21(27)28)19(18)20(26)25(22)16-8-10-24(11-9-16)15-6-4-3-5-7-15/h12-13,15-16H,3-11H2,1-2H3,(H,27,28). The summed E-state index contributed by atoms with van der Waals surface area (Å²) in [6, 6.07) is 3.02. The molecule has 0 atom stereocenters. The van der Waals surface area contributed by atoms with Gasteiger partial charge in [0.05, 0.1) is 16.7 Å². The zero-order valence-electron chi connectivity index (χ0n) is 16.7. The third kappa shape index (κ3) is 3.11. The Labute approximate surface area is 165 Å². The molecule has 1 saturated carbocycles. The van der Waals surface area contributed by atoms with E-state index in [1.165, 1.54) is 38.2 Å². The van der Waals surface area contributed by atoms with Gasteiger partial charge >= 0.3 is 5.97 Å². The number of aromatic carboxylic acids is 1. The molecule has 0 aromatic heterocycles. The van der Waals surface area contributed by atoms with E-state index in [0.29, 0.717) is 11.6 Å². The van der Waals surface area contributed by atoms with Gasteiger partial charge in [-0.15, -0.1) is 0 Å². The molecule has 2 aliphatic heterocycles. The normalized spacial score (nSPS) is 23.8. The highest BCUT2D eigenvalue weighted by molar-refractivity contribution is 6.08. The Bertz CT molecular complexity index is 793. The molecule has 4 rings (SSSR count). The monoisotopic (exact) mass is 388 g/mol. The number of likely N-dealkylation sites (tertiary alicyclic amines) is 1. The minimum Gasteiger partial charge on any atom is -0.478 e. The van der Waals surface area contributed by atoms with Crippen molar-refractivity contribution < 1.29 is 19.1 Å². The Kier molecular flexibility index (Phi) is 4.94. The first kappa shape index (κ1) is 19.4. The lowest BCUT2D eigenvalue weighted by atomic mass is 9.89. The molecule has 0 spiro atoms. The van der Waals surface area contributed by atoms with Gasteiger partial charge in [-0.25, -0.2) is 9.18 Å². The summed E-state index contributed by atoms with van der Waals surface area (Å²) in [4.78, 5) is 29.3. The van der Waals surface area contributed by atoms with E-state index < -0.39 is 17.3 Å². The number of benzene rings is 1. The van der Waals surface area contributed by atoms with Crippen LogP contribution in [0.25, 0.3) is 0 Å². The largest absolute Gasteiger partial charge is 0.478 e. The number of hydrogen-bond acceptors (Lipinski definition) is 3. The van der Waals surface area contributed by atoms with E-state index in [4.69, 9.17) is 0 Å². The first-order valence-electron chi connectivity index (χ1n) is 10.5. The van der Waals surface area contributed by atoms with E-state index in [1.807, 2.05) is 18.7 Å². The van der Waals surface area contributed by atoms with Crippen molar-refractivity contribution in [3.8, 4) is 0 Å². The first-order valence-corrected chi connectivity index (χ1v) is 10.5. The van der Waals surface area contributed by atoms with Crippen LogP contribution in [-0.4, -0.2) is 52.0 Å². The predicted octanol–water partition coefficient (Wildman–Crippen LogP) is 4.01. The lowest BCUT2D eigenvalue weighted by Crippen LogP contribution is -2.53. The molecule has 2 heterocycles. The number of amides is 1. The molecule has 1 N–H and O–H groups in total. The van der Waals surface area contributed by atoms with Gasteiger partial charge in [0.25, 0.3) is 5.91 Å². The van der Waals surface area contributed by atoms with Crippen molar-refractivity contribution >= 4 is 11.9 Å². The summed E-state index contributed by atoms with van der Waals surface area (Å²) in [7, 11) is 0. The molecule has 3 aliphatic rings. The van der Waals surface area contributed by atoms with Gasteiger partial charge in [-0.05, 0) is 57.2 Å². The fourth-order valence-corrected chi connectivity index (χ4v) is 5.57. The van der Waals surface area contributed by atoms with E-state index in [0.717, 1.165) is 32.0 Å². The molecule has 1 aliphatic carbocycles. The summed E-state index contributed by atoms with van der Waals surface area (Å²) in [5.74, 6) is -2.13. The molecule has 152 valence electrons. The van der Waals surface area contributed by atoms with E-state index in [2.05, 4.69) is 4.90 Å². The molecule has 0 radical (unpaired) electrons. The molecule has 0 unspecified atom stereocenters. The zero-order chi connectivity index (χ0) is 20.1. The molecular weight excluding hydrogens is 359 g/mol. The summed E-state index contributed by atoms with van der Waals surface area (Å²) in [6.07, 6.45) is 8.25. The molecule has 2 fully saturated rings. The van der Waals surface area contributed by atoms with Crippen molar-refractivity contribution in [2.75, 3.05) is 13.1 Å². The smallest absolute Gasteiger partial charge is 0.336 e. The van der Waals surface area contributed by atoms with Crippen molar-refractivity contribution in [1.29, 1.82) is 0 Å². The van der Waals surface area contributed by atoms with Gasteiger partial charge in [0.2, 0.25) is 0 Å². The molecule has 1 amide bonds. The second-order valence-electron chi connectivity index (χ2n) is 8.97. The van der Waals surface area contributed by atoms with Crippen LogP contribution >= 0.6 is 0 Å². The molecule has 0 bridgehead atoms. The predicted molar refractivity (Wildman–Crippen MR) is 104 cm³/mol. The number of carboxylic acids is 1. The number of rotatable bonds is 3. The van der Waals surface area contributed by atoms with Crippen molar-refractivity contribution in [3.63, 3.8) is 0 Å². The number of carbonyl (C=O) groups is 2. The quantitative estimate of drug-likeness (QED) is 0.850. The maximum Gasteiger partial charge on any atom is 0.336 e. The number of fused-ring (bicyclic) bond motifs is 1. The van der Waals surface area contributed by atoms with Gasteiger partial charge in [-0.2, -0.15) is 0 Å². The second kappa shape index (κ2) is 7.14. The number of nitrogens with zero attached hydrogens (tertiary/aromatic N) is 2. The van der Waals surface area contributed by atoms with Crippen molar-refractivity contribution in [3.05, 3.63) is 34.6 Å². The van der Waals surface area contributed by atoms with Crippen LogP contribution < -0.4 is 0 Å². The highest BCUT2D eigenvalue weighted by Crippen LogP contribution is 2.43. The highest BCUT2D eigenvalue weighted by atomic mass is 19.1.